The van der Waals surface area contributed by atoms with Crippen molar-refractivity contribution < 1.29 is 33.5 Å². The predicted molar refractivity (Wildman–Crippen MR) is 298 cm³/mol. The van der Waals surface area contributed by atoms with Gasteiger partial charge in [0.2, 0.25) is 11.8 Å². The molecular weight excluding hydrogens is 1010 g/mol. The van der Waals surface area contributed by atoms with Gasteiger partial charge in [-0.3, -0.25) is 19.5 Å². The van der Waals surface area contributed by atoms with Gasteiger partial charge in [-0.1, -0.05) is 68.4 Å². The van der Waals surface area contributed by atoms with E-state index in [1.165, 1.54) is 4.90 Å². The summed E-state index contributed by atoms with van der Waals surface area (Å²) in [5.74, 6) is 0.123. The summed E-state index contributed by atoms with van der Waals surface area (Å²) in [5.41, 5.74) is 6.61. The highest BCUT2D eigenvalue weighted by atomic mass is 32.1. The lowest BCUT2D eigenvalue weighted by Crippen LogP contribution is -2.51. The Hall–Kier alpha value is -6.80. The van der Waals surface area contributed by atoms with Crippen LogP contribution >= 0.6 is 11.3 Å². The average Bonchev–Trinajstić information content (AvgIpc) is 4.42. The number of phenolic OH excluding ortho intramolecular Hbond substituents is 1. The lowest BCUT2D eigenvalue weighted by Gasteiger charge is -2.37. The minimum atomic E-state index is -0.834. The smallest absolute Gasteiger partial charge is 0.319 e. The zero-order chi connectivity index (χ0) is 53.9. The van der Waals surface area contributed by atoms with Crippen LogP contribution in [0.1, 0.15) is 94.3 Å². The first-order valence-corrected chi connectivity index (χ1v) is 28.7. The van der Waals surface area contributed by atoms with Crippen molar-refractivity contribution >= 4 is 56.5 Å². The highest BCUT2D eigenvalue weighted by Crippen LogP contribution is 2.41. The number of carbonyl (C=O) groups is 2. The molecule has 4 aromatic heterocycles. The molecule has 19 heteroatoms. The molecule has 2 amide bonds. The first-order chi connectivity index (χ1) is 37.8. The Kier molecular flexibility index (Phi) is 14.3. The van der Waals surface area contributed by atoms with Crippen molar-refractivity contribution in [2.75, 3.05) is 62.2 Å². The molecule has 78 heavy (non-hydrogen) atoms. The number of carbonyl (C=O) groups excluding carboxylic acids is 2. The molecule has 5 aliphatic rings. The number of halogens is 1. The predicted octanol–water partition coefficient (Wildman–Crippen LogP) is 8.17. The third-order valence-corrected chi connectivity index (χ3v) is 18.1. The lowest BCUT2D eigenvalue weighted by atomic mass is 9.91. The summed E-state index contributed by atoms with van der Waals surface area (Å²) in [6.45, 7) is 14.8. The van der Waals surface area contributed by atoms with E-state index in [0.717, 1.165) is 103 Å². The van der Waals surface area contributed by atoms with Crippen molar-refractivity contribution in [2.45, 2.75) is 115 Å². The van der Waals surface area contributed by atoms with Crippen LogP contribution in [0.4, 0.5) is 16.0 Å². The molecule has 0 radical (unpaired) electrons. The van der Waals surface area contributed by atoms with Gasteiger partial charge in [-0.05, 0) is 97.4 Å². The molecular formula is C59H68FN11O6S. The summed E-state index contributed by atoms with van der Waals surface area (Å²) in [6.07, 6.45) is 5.71. The third-order valence-electron chi connectivity index (χ3n) is 17.1. The van der Waals surface area contributed by atoms with Crippen LogP contribution in [0.2, 0.25) is 0 Å². The van der Waals surface area contributed by atoms with Crippen LogP contribution in [-0.2, 0) is 16.0 Å². The van der Waals surface area contributed by atoms with Gasteiger partial charge in [-0.15, -0.1) is 11.3 Å². The van der Waals surface area contributed by atoms with E-state index in [-0.39, 0.29) is 65.8 Å². The number of likely N-dealkylation sites (tertiary alicyclic amines) is 2. The number of hydrogen-bond donors (Lipinski definition) is 4. The van der Waals surface area contributed by atoms with Gasteiger partial charge >= 0.3 is 6.01 Å². The van der Waals surface area contributed by atoms with Gasteiger partial charge in [0, 0.05) is 88.2 Å². The second-order valence-corrected chi connectivity index (χ2v) is 23.3. The molecule has 5 saturated heterocycles. The molecule has 17 nitrogen and oxygen atoms in total. The topological polar surface area (TPSA) is 198 Å². The maximum absolute atomic E-state index is 17.2. The number of hydrogen-bond acceptors (Lipinski definition) is 16. The van der Waals surface area contributed by atoms with Crippen LogP contribution in [0, 0.1) is 24.6 Å². The number of fused-ring (bicyclic) bond motifs is 5. The summed E-state index contributed by atoms with van der Waals surface area (Å²) < 4.78 is 29.6. The second-order valence-electron chi connectivity index (χ2n) is 22.5. The molecule has 2 bridgehead atoms. The molecule has 0 aliphatic carbocycles. The number of aliphatic hydroxyl groups is 1. The van der Waals surface area contributed by atoms with Crippen LogP contribution in [0.15, 0.2) is 76.9 Å². The standard InChI is InChI=1S/C59H68FN11O6S/c1-6-35-8-7-9-38-22-42(72)23-44(51(35)38)53-52(60)54-45(26-61-53)56(69-28-40-14-15-41(29-69)64-40)66-59(65-54)76-21-20-68-18-17-46-39(27-68)16-19-70(46)49-25-48(77-67-49)50(32(2)3)58(75)71-30-43(73)24-47(71)57(74)63-33(4)36-10-12-37(13-11-36)55-34(5)62-31-78-55/h7-13,22-23,25-26,31-33,39-41,43,46-47,50,64,72-73H,6,14-21,24,27-30H2,1-5H3,(H,63,74)/t33-,39+,40?,41?,43+,46-,47-,50+/m0/s1. The van der Waals surface area contributed by atoms with E-state index >= 15 is 4.39 Å². The van der Waals surface area contributed by atoms with Gasteiger partial charge in [0.05, 0.1) is 33.6 Å². The summed E-state index contributed by atoms with van der Waals surface area (Å²) >= 11 is 1.59. The molecule has 8 atom stereocenters. The molecule has 3 aromatic carbocycles. The molecule has 5 fully saturated rings. The molecule has 5 aliphatic heterocycles. The Balaban J connectivity index is 0.703. The summed E-state index contributed by atoms with van der Waals surface area (Å²) in [4.78, 5) is 56.8. The maximum Gasteiger partial charge on any atom is 0.319 e. The molecule has 408 valence electrons. The van der Waals surface area contributed by atoms with Gasteiger partial charge < -0.3 is 44.8 Å². The minimum absolute atomic E-state index is 0.0340. The van der Waals surface area contributed by atoms with E-state index in [4.69, 9.17) is 24.2 Å². The van der Waals surface area contributed by atoms with E-state index in [9.17, 15) is 19.8 Å². The second kappa shape index (κ2) is 21.4. The number of ether oxygens (including phenoxy) is 1. The summed E-state index contributed by atoms with van der Waals surface area (Å²) in [6, 6.07) is 19.0. The molecule has 0 saturated carbocycles. The lowest BCUT2D eigenvalue weighted by molar-refractivity contribution is -0.141. The Bertz CT molecular complexity index is 3360. The van der Waals surface area contributed by atoms with Crippen LogP contribution < -0.4 is 25.2 Å². The largest absolute Gasteiger partial charge is 0.508 e. The molecule has 0 spiro atoms. The Morgan fingerprint density at radius 3 is 2.54 bits per heavy atom. The number of piperazine rings is 1. The van der Waals surface area contributed by atoms with Crippen molar-refractivity contribution in [3.05, 3.63) is 101 Å². The third kappa shape index (κ3) is 9.91. The van der Waals surface area contributed by atoms with Gasteiger partial charge in [0.15, 0.2) is 17.4 Å². The fraction of sp³-hybridized carbons (Fsp3) is 0.475. The van der Waals surface area contributed by atoms with Crippen LogP contribution in [0.5, 0.6) is 11.8 Å². The number of pyridine rings is 1. The number of piperidine rings is 1. The van der Waals surface area contributed by atoms with Gasteiger partial charge in [-0.2, -0.15) is 9.97 Å². The molecule has 9 heterocycles. The highest BCUT2D eigenvalue weighted by molar-refractivity contribution is 7.13. The minimum Gasteiger partial charge on any atom is -0.508 e. The fourth-order valence-corrected chi connectivity index (χ4v) is 14.0. The Morgan fingerprint density at radius 2 is 1.78 bits per heavy atom. The summed E-state index contributed by atoms with van der Waals surface area (Å²) in [5, 5.41) is 35.2. The number of anilines is 2. The quantitative estimate of drug-likeness (QED) is 0.0766. The number of aromatic nitrogens is 5. The Labute approximate surface area is 457 Å². The van der Waals surface area contributed by atoms with Gasteiger partial charge in [-0.25, -0.2) is 9.37 Å². The molecule has 4 N–H and O–H groups in total. The number of phenols is 1. The number of nitrogens with one attached hydrogen (secondary N) is 2. The van der Waals surface area contributed by atoms with E-state index < -0.39 is 23.9 Å². The molecule has 7 aromatic rings. The maximum atomic E-state index is 17.2. The van der Waals surface area contributed by atoms with Crippen LogP contribution in [-0.4, -0.2) is 140 Å². The first kappa shape index (κ1) is 51.9. The number of aromatic hydroxyl groups is 1. The number of rotatable bonds is 15. The van der Waals surface area contributed by atoms with Gasteiger partial charge in [0.25, 0.3) is 0 Å². The van der Waals surface area contributed by atoms with Crippen LogP contribution in [0.25, 0.3) is 43.4 Å². The average molecular weight is 1080 g/mol. The number of aryl methyl sites for hydroxylation is 2. The van der Waals surface area contributed by atoms with Gasteiger partial charge in [0.1, 0.15) is 41.3 Å². The first-order valence-electron chi connectivity index (χ1n) is 27.8. The number of benzene rings is 3. The zero-order valence-electron chi connectivity index (χ0n) is 44.9. The van der Waals surface area contributed by atoms with Crippen LogP contribution in [0.3, 0.4) is 0 Å². The fourth-order valence-electron chi connectivity index (χ4n) is 13.1. The van der Waals surface area contributed by atoms with E-state index in [1.807, 2.05) is 81.7 Å². The number of β-amino-alcohol motifs (C(OH)–C–C–N with tert-alkyl or cyclic N) is 1. The number of amides is 2. The van der Waals surface area contributed by atoms with Crippen molar-refractivity contribution in [1.29, 1.82) is 0 Å². The molecule has 12 rings (SSSR count). The van der Waals surface area contributed by atoms with Crippen molar-refractivity contribution in [1.82, 2.24) is 45.5 Å². The van der Waals surface area contributed by atoms with Crippen molar-refractivity contribution in [3.63, 3.8) is 0 Å². The highest BCUT2D eigenvalue weighted by Gasteiger charge is 2.45. The number of aliphatic hydroxyl groups excluding tert-OH is 1. The van der Waals surface area contributed by atoms with E-state index in [2.05, 4.69) is 42.4 Å². The Morgan fingerprint density at radius 1 is 0.974 bits per heavy atom. The normalized spacial score (nSPS) is 23.2. The van der Waals surface area contributed by atoms with E-state index in [1.54, 1.807) is 29.7 Å². The number of nitrogens with zero attached hydrogens (tertiary/aromatic N) is 9. The van der Waals surface area contributed by atoms with E-state index in [0.29, 0.717) is 59.5 Å². The van der Waals surface area contributed by atoms with Crippen molar-refractivity contribution in [2.24, 2.45) is 11.8 Å². The monoisotopic (exact) mass is 1080 g/mol. The number of thiazole rings is 1. The zero-order valence-corrected chi connectivity index (χ0v) is 45.7. The summed E-state index contributed by atoms with van der Waals surface area (Å²) in [7, 11) is 0. The van der Waals surface area contributed by atoms with Crippen molar-refractivity contribution in [3.8, 4) is 33.5 Å². The SMILES string of the molecule is CCc1cccc2cc(O)cc(-c3ncc4c(N5CC6CCC(C5)N6)nc(OCCN5CC[C@H]6[C@H](CCN6c6cc([C@H](C(=O)N7C[C@H](O)C[C@H]7C(=O)N[C@@H](C)c7ccc(-c8scnc8C)cc7)C(C)C)on6)C5)nc4c3F)c12. The molecule has 2 unspecified atom stereocenters.